The molecule has 0 bridgehead atoms. The second-order valence-electron chi connectivity index (χ2n) is 4.12. The molecule has 0 unspecified atom stereocenters. The summed E-state index contributed by atoms with van der Waals surface area (Å²) in [4.78, 5) is 4.95. The van der Waals surface area contributed by atoms with Gasteiger partial charge >= 0.3 is 0 Å². The summed E-state index contributed by atoms with van der Waals surface area (Å²) in [5.74, 6) is 0. The van der Waals surface area contributed by atoms with E-state index in [4.69, 9.17) is 0 Å². The smallest absolute Gasteiger partial charge is 0.00355 e. The molecule has 1 fully saturated rings. The topological polar surface area (TPSA) is 6.48 Å². The van der Waals surface area contributed by atoms with Crippen LogP contribution >= 0.6 is 0 Å². The van der Waals surface area contributed by atoms with Crippen molar-refractivity contribution in [2.24, 2.45) is 0 Å². The van der Waals surface area contributed by atoms with Gasteiger partial charge in [-0.25, -0.2) is 0 Å². The maximum atomic E-state index is 2.54. The Kier molecular flexibility index (Phi) is 4.02. The predicted molar refractivity (Wildman–Crippen MR) is 53.4 cm³/mol. The maximum absolute atomic E-state index is 2.54. The summed E-state index contributed by atoms with van der Waals surface area (Å²) in [6.45, 7) is 9.73. The zero-order valence-corrected chi connectivity index (χ0v) is 8.71. The molecule has 0 spiro atoms. The van der Waals surface area contributed by atoms with E-state index in [9.17, 15) is 0 Å². The molecule has 0 amide bonds. The highest BCUT2D eigenvalue weighted by Crippen LogP contribution is 2.06. The van der Waals surface area contributed by atoms with Crippen LogP contribution in [0.5, 0.6) is 0 Å². The van der Waals surface area contributed by atoms with Crippen LogP contribution in [-0.2, 0) is 0 Å². The first-order chi connectivity index (χ1) is 5.70. The van der Waals surface area contributed by atoms with E-state index in [1.165, 1.54) is 39.0 Å². The Morgan fingerprint density at radius 1 is 1.33 bits per heavy atom. The molecule has 1 rings (SSSR count). The summed E-state index contributed by atoms with van der Waals surface area (Å²) >= 11 is 0. The van der Waals surface area contributed by atoms with E-state index in [-0.39, 0.29) is 0 Å². The zero-order valence-electron chi connectivity index (χ0n) is 8.71. The van der Waals surface area contributed by atoms with Crippen LogP contribution in [0, 0.1) is 0 Å². The molecular weight excluding hydrogens is 148 g/mol. The van der Waals surface area contributed by atoms with Crippen LogP contribution in [0.1, 0.15) is 26.7 Å². The van der Waals surface area contributed by atoms with E-state index in [0.717, 1.165) is 0 Å². The minimum Gasteiger partial charge on any atom is -0.304 e. The molecule has 0 saturated carbocycles. The van der Waals surface area contributed by atoms with E-state index in [1.807, 2.05) is 0 Å². The number of hydrogen-bond acceptors (Lipinski definition) is 2. The average molecular weight is 170 g/mol. The molecule has 1 aliphatic heterocycles. The van der Waals surface area contributed by atoms with Crippen molar-refractivity contribution < 1.29 is 0 Å². The summed E-state index contributed by atoms with van der Waals surface area (Å²) in [7, 11) is 2.21. The van der Waals surface area contributed by atoms with E-state index in [1.54, 1.807) is 0 Å². The Labute approximate surface area is 76.5 Å². The van der Waals surface area contributed by atoms with Crippen LogP contribution in [-0.4, -0.2) is 49.1 Å². The van der Waals surface area contributed by atoms with E-state index < -0.39 is 0 Å². The van der Waals surface area contributed by atoms with Gasteiger partial charge in [0.15, 0.2) is 0 Å². The largest absolute Gasteiger partial charge is 0.304 e. The summed E-state index contributed by atoms with van der Waals surface area (Å²) in [5, 5.41) is 0. The summed E-state index contributed by atoms with van der Waals surface area (Å²) in [5.41, 5.74) is 0. The first kappa shape index (κ1) is 10.0. The molecule has 0 atom stereocenters. The number of nitrogens with zero attached hydrogens (tertiary/aromatic N) is 2. The highest BCUT2D eigenvalue weighted by molar-refractivity contribution is 4.68. The quantitative estimate of drug-likeness (QED) is 0.616. The molecule has 1 heterocycles. The van der Waals surface area contributed by atoms with Gasteiger partial charge in [0, 0.05) is 6.04 Å². The second kappa shape index (κ2) is 4.83. The average Bonchev–Trinajstić information content (AvgIpc) is 1.93. The third kappa shape index (κ3) is 3.11. The van der Waals surface area contributed by atoms with Crippen LogP contribution in [0.2, 0.25) is 0 Å². The van der Waals surface area contributed by atoms with E-state index in [2.05, 4.69) is 30.7 Å². The third-order valence-electron chi connectivity index (χ3n) is 2.82. The van der Waals surface area contributed by atoms with Crippen LogP contribution < -0.4 is 0 Å². The van der Waals surface area contributed by atoms with Crippen molar-refractivity contribution in [3.8, 4) is 0 Å². The highest BCUT2D eigenvalue weighted by atomic mass is 15.2. The molecule has 0 radical (unpaired) electrons. The fourth-order valence-corrected chi connectivity index (χ4v) is 1.41. The van der Waals surface area contributed by atoms with Gasteiger partial charge in [-0.15, -0.1) is 0 Å². The van der Waals surface area contributed by atoms with Gasteiger partial charge in [-0.3, -0.25) is 0 Å². The molecule has 0 aromatic rings. The van der Waals surface area contributed by atoms with Crippen LogP contribution in [0.4, 0.5) is 0 Å². The Morgan fingerprint density at radius 2 is 2.00 bits per heavy atom. The normalized spacial score (nSPS) is 18.8. The number of hydrogen-bond donors (Lipinski definition) is 0. The monoisotopic (exact) mass is 170 g/mol. The molecule has 0 N–H and O–H groups in total. The van der Waals surface area contributed by atoms with Gasteiger partial charge in [-0.05, 0) is 59.9 Å². The van der Waals surface area contributed by atoms with Crippen LogP contribution in [0.3, 0.4) is 0 Å². The molecule has 72 valence electrons. The van der Waals surface area contributed by atoms with Crippen molar-refractivity contribution in [1.82, 2.24) is 9.80 Å². The molecular formula is C10H22N2. The lowest BCUT2D eigenvalue weighted by molar-refractivity contribution is 0.165. The molecule has 0 aliphatic carbocycles. The van der Waals surface area contributed by atoms with Crippen molar-refractivity contribution in [3.63, 3.8) is 0 Å². The molecule has 2 nitrogen and oxygen atoms in total. The van der Waals surface area contributed by atoms with E-state index in [0.29, 0.717) is 6.04 Å². The summed E-state index contributed by atoms with van der Waals surface area (Å²) in [6.07, 6.45) is 2.74. The number of likely N-dealkylation sites (tertiary alicyclic amines) is 1. The summed E-state index contributed by atoms with van der Waals surface area (Å²) < 4.78 is 0. The van der Waals surface area contributed by atoms with Crippen LogP contribution in [0.25, 0.3) is 0 Å². The van der Waals surface area contributed by atoms with Gasteiger partial charge in [0.25, 0.3) is 0 Å². The van der Waals surface area contributed by atoms with Crippen molar-refractivity contribution in [3.05, 3.63) is 0 Å². The van der Waals surface area contributed by atoms with Gasteiger partial charge in [0.1, 0.15) is 0 Å². The third-order valence-corrected chi connectivity index (χ3v) is 2.82. The Bertz CT molecular complexity index is 119. The zero-order chi connectivity index (χ0) is 8.97. The Balaban J connectivity index is 1.93. The SMILES string of the molecule is CC(C)N(C)CCCN1CCC1. The maximum Gasteiger partial charge on any atom is 0.00355 e. The van der Waals surface area contributed by atoms with Crippen molar-refractivity contribution in [2.75, 3.05) is 33.2 Å². The fourth-order valence-electron chi connectivity index (χ4n) is 1.41. The van der Waals surface area contributed by atoms with Gasteiger partial charge in [-0.1, -0.05) is 0 Å². The minimum absolute atomic E-state index is 0.696. The summed E-state index contributed by atoms with van der Waals surface area (Å²) in [6, 6.07) is 0.696. The molecule has 1 aliphatic rings. The molecule has 2 heteroatoms. The lowest BCUT2D eigenvalue weighted by Crippen LogP contribution is -2.39. The lowest BCUT2D eigenvalue weighted by Gasteiger charge is -2.31. The Hall–Kier alpha value is -0.0800. The minimum atomic E-state index is 0.696. The van der Waals surface area contributed by atoms with Crippen molar-refractivity contribution >= 4 is 0 Å². The molecule has 0 aromatic carbocycles. The lowest BCUT2D eigenvalue weighted by atomic mass is 10.2. The van der Waals surface area contributed by atoms with Gasteiger partial charge in [0.2, 0.25) is 0 Å². The molecule has 1 saturated heterocycles. The highest BCUT2D eigenvalue weighted by Gasteiger charge is 2.12. The molecule has 12 heavy (non-hydrogen) atoms. The standard InChI is InChI=1S/C10H22N2/c1-10(2)11(3)6-4-7-12-8-5-9-12/h10H,4-9H2,1-3H3. The Morgan fingerprint density at radius 3 is 2.42 bits per heavy atom. The fraction of sp³-hybridized carbons (Fsp3) is 1.00. The van der Waals surface area contributed by atoms with Gasteiger partial charge in [0.05, 0.1) is 0 Å². The van der Waals surface area contributed by atoms with Gasteiger partial charge in [-0.2, -0.15) is 0 Å². The first-order valence-electron chi connectivity index (χ1n) is 5.13. The van der Waals surface area contributed by atoms with Crippen LogP contribution in [0.15, 0.2) is 0 Å². The van der Waals surface area contributed by atoms with E-state index >= 15 is 0 Å². The predicted octanol–water partition coefficient (Wildman–Crippen LogP) is 1.42. The molecule has 0 aromatic heterocycles. The number of rotatable bonds is 5. The van der Waals surface area contributed by atoms with Crippen molar-refractivity contribution in [2.45, 2.75) is 32.7 Å². The van der Waals surface area contributed by atoms with Crippen molar-refractivity contribution in [1.29, 1.82) is 0 Å². The second-order valence-corrected chi connectivity index (χ2v) is 4.12. The van der Waals surface area contributed by atoms with Gasteiger partial charge < -0.3 is 9.80 Å². The first-order valence-corrected chi connectivity index (χ1v) is 5.13.